The molecular formula is C11H15NO4. The van der Waals surface area contributed by atoms with E-state index in [2.05, 4.69) is 5.32 Å². The number of rotatable bonds is 5. The highest BCUT2D eigenvalue weighted by atomic mass is 16.5. The van der Waals surface area contributed by atoms with Crippen molar-refractivity contribution in [2.75, 3.05) is 14.2 Å². The summed E-state index contributed by atoms with van der Waals surface area (Å²) in [5.74, 6) is -0.519. The molecule has 0 aliphatic carbocycles. The summed E-state index contributed by atoms with van der Waals surface area (Å²) < 4.78 is 4.94. The van der Waals surface area contributed by atoms with Crippen molar-refractivity contribution in [1.29, 1.82) is 0 Å². The van der Waals surface area contributed by atoms with Crippen molar-refractivity contribution >= 4 is 5.97 Å². The maximum absolute atomic E-state index is 10.8. The molecule has 0 bridgehead atoms. The SMILES string of the molecule is CN[C@H](Cc1ccc(O)c(OC)c1)C(=O)O. The zero-order valence-corrected chi connectivity index (χ0v) is 9.23. The van der Waals surface area contributed by atoms with Gasteiger partial charge in [-0.25, -0.2) is 0 Å². The van der Waals surface area contributed by atoms with Crippen molar-refractivity contribution < 1.29 is 19.7 Å². The summed E-state index contributed by atoms with van der Waals surface area (Å²) in [7, 11) is 3.04. The summed E-state index contributed by atoms with van der Waals surface area (Å²) in [6.45, 7) is 0. The lowest BCUT2D eigenvalue weighted by molar-refractivity contribution is -0.139. The third-order valence-corrected chi connectivity index (χ3v) is 2.33. The fourth-order valence-corrected chi connectivity index (χ4v) is 1.40. The number of benzene rings is 1. The Morgan fingerprint density at radius 3 is 2.75 bits per heavy atom. The minimum absolute atomic E-state index is 0.0441. The molecule has 3 N–H and O–H groups in total. The first-order valence-corrected chi connectivity index (χ1v) is 4.84. The van der Waals surface area contributed by atoms with E-state index in [0.29, 0.717) is 12.2 Å². The van der Waals surface area contributed by atoms with Crippen LogP contribution in [-0.4, -0.2) is 36.4 Å². The third-order valence-electron chi connectivity index (χ3n) is 2.33. The fourth-order valence-electron chi connectivity index (χ4n) is 1.40. The van der Waals surface area contributed by atoms with Gasteiger partial charge in [0.25, 0.3) is 0 Å². The molecule has 0 aromatic heterocycles. The molecule has 1 atom stereocenters. The van der Waals surface area contributed by atoms with Crippen LogP contribution in [0.5, 0.6) is 11.5 Å². The zero-order chi connectivity index (χ0) is 12.1. The molecule has 16 heavy (non-hydrogen) atoms. The Balaban J connectivity index is 2.84. The number of hydrogen-bond donors (Lipinski definition) is 3. The number of aromatic hydroxyl groups is 1. The lowest BCUT2D eigenvalue weighted by atomic mass is 10.1. The summed E-state index contributed by atoms with van der Waals surface area (Å²) in [5, 5.41) is 21.0. The number of methoxy groups -OCH3 is 1. The Morgan fingerprint density at radius 1 is 1.56 bits per heavy atom. The van der Waals surface area contributed by atoms with Crippen LogP contribution >= 0.6 is 0 Å². The third kappa shape index (κ3) is 2.87. The second kappa shape index (κ2) is 5.37. The average molecular weight is 225 g/mol. The molecule has 5 heteroatoms. The Kier molecular flexibility index (Phi) is 4.13. The van der Waals surface area contributed by atoms with Gasteiger partial charge in [0.15, 0.2) is 11.5 Å². The fraction of sp³-hybridized carbons (Fsp3) is 0.364. The van der Waals surface area contributed by atoms with Gasteiger partial charge in [-0.2, -0.15) is 0 Å². The summed E-state index contributed by atoms with van der Waals surface area (Å²) >= 11 is 0. The Morgan fingerprint density at radius 2 is 2.25 bits per heavy atom. The molecule has 1 aromatic carbocycles. The first kappa shape index (κ1) is 12.3. The van der Waals surface area contributed by atoms with Gasteiger partial charge in [0.2, 0.25) is 0 Å². The zero-order valence-electron chi connectivity index (χ0n) is 9.23. The van der Waals surface area contributed by atoms with Crippen LogP contribution in [0, 0.1) is 0 Å². The summed E-state index contributed by atoms with van der Waals surface area (Å²) in [5.41, 5.74) is 0.788. The highest BCUT2D eigenvalue weighted by Crippen LogP contribution is 2.26. The van der Waals surface area contributed by atoms with Gasteiger partial charge >= 0.3 is 5.97 Å². The van der Waals surface area contributed by atoms with Crippen molar-refractivity contribution in [2.45, 2.75) is 12.5 Å². The Bertz CT molecular complexity index is 378. The maximum Gasteiger partial charge on any atom is 0.321 e. The second-order valence-corrected chi connectivity index (χ2v) is 3.39. The average Bonchev–Trinajstić information content (AvgIpc) is 2.27. The number of nitrogens with one attached hydrogen (secondary N) is 1. The molecule has 5 nitrogen and oxygen atoms in total. The van der Waals surface area contributed by atoms with E-state index in [9.17, 15) is 9.90 Å². The lowest BCUT2D eigenvalue weighted by Gasteiger charge is -2.12. The number of likely N-dealkylation sites (N-methyl/N-ethyl adjacent to an activating group) is 1. The van der Waals surface area contributed by atoms with Crippen LogP contribution in [0.25, 0.3) is 0 Å². The van der Waals surface area contributed by atoms with E-state index in [4.69, 9.17) is 9.84 Å². The van der Waals surface area contributed by atoms with E-state index >= 15 is 0 Å². The van der Waals surface area contributed by atoms with Gasteiger partial charge in [-0.05, 0) is 31.2 Å². The van der Waals surface area contributed by atoms with E-state index in [-0.39, 0.29) is 5.75 Å². The standard InChI is InChI=1S/C11H15NO4/c1-12-8(11(14)15)5-7-3-4-9(13)10(6-7)16-2/h3-4,6,8,12-13H,5H2,1-2H3,(H,14,15)/t8-/m1/s1. The van der Waals surface area contributed by atoms with E-state index in [1.54, 1.807) is 19.2 Å². The van der Waals surface area contributed by atoms with Gasteiger partial charge in [0.1, 0.15) is 6.04 Å². The number of carboxylic acids is 1. The first-order valence-electron chi connectivity index (χ1n) is 4.84. The number of hydrogen-bond acceptors (Lipinski definition) is 4. The number of ether oxygens (including phenoxy) is 1. The Labute approximate surface area is 93.7 Å². The number of carboxylic acid groups (broad SMARTS) is 1. The molecule has 0 saturated heterocycles. The van der Waals surface area contributed by atoms with Crippen molar-refractivity contribution in [3.05, 3.63) is 23.8 Å². The van der Waals surface area contributed by atoms with Crippen molar-refractivity contribution in [3.8, 4) is 11.5 Å². The van der Waals surface area contributed by atoms with Gasteiger partial charge in [0, 0.05) is 0 Å². The molecule has 0 spiro atoms. The largest absolute Gasteiger partial charge is 0.504 e. The number of aliphatic carboxylic acids is 1. The van der Waals surface area contributed by atoms with Gasteiger partial charge in [0.05, 0.1) is 7.11 Å². The molecule has 0 unspecified atom stereocenters. The molecule has 0 radical (unpaired) electrons. The minimum atomic E-state index is -0.908. The van der Waals surface area contributed by atoms with Crippen LogP contribution < -0.4 is 10.1 Å². The van der Waals surface area contributed by atoms with Gasteiger partial charge < -0.3 is 20.3 Å². The summed E-state index contributed by atoms with van der Waals surface area (Å²) in [4.78, 5) is 10.8. The molecule has 0 amide bonds. The predicted molar refractivity (Wildman–Crippen MR) is 58.8 cm³/mol. The molecule has 0 aliphatic heterocycles. The van der Waals surface area contributed by atoms with Crippen LogP contribution in [0.4, 0.5) is 0 Å². The van der Waals surface area contributed by atoms with Crippen LogP contribution in [-0.2, 0) is 11.2 Å². The number of phenols is 1. The van der Waals surface area contributed by atoms with Gasteiger partial charge in [-0.15, -0.1) is 0 Å². The molecule has 0 aliphatic rings. The molecule has 1 aromatic rings. The number of carbonyl (C=O) groups is 1. The highest BCUT2D eigenvalue weighted by molar-refractivity contribution is 5.73. The summed E-state index contributed by atoms with van der Waals surface area (Å²) in [6, 6.07) is 4.14. The Hall–Kier alpha value is -1.75. The van der Waals surface area contributed by atoms with Crippen molar-refractivity contribution in [2.24, 2.45) is 0 Å². The maximum atomic E-state index is 10.8. The van der Waals surface area contributed by atoms with E-state index in [1.165, 1.54) is 13.2 Å². The molecule has 1 rings (SSSR count). The quantitative estimate of drug-likeness (QED) is 0.684. The highest BCUT2D eigenvalue weighted by Gasteiger charge is 2.16. The van der Waals surface area contributed by atoms with Crippen LogP contribution in [0.1, 0.15) is 5.56 Å². The molecule has 0 heterocycles. The normalized spacial score (nSPS) is 12.1. The molecule has 88 valence electrons. The van der Waals surface area contributed by atoms with E-state index in [1.807, 2.05) is 0 Å². The lowest BCUT2D eigenvalue weighted by Crippen LogP contribution is -2.35. The predicted octanol–water partition coefficient (Wildman–Crippen LogP) is 0.616. The van der Waals surface area contributed by atoms with Crippen LogP contribution in [0.15, 0.2) is 18.2 Å². The van der Waals surface area contributed by atoms with E-state index < -0.39 is 12.0 Å². The number of phenolic OH excluding ortho intramolecular Hbond substituents is 1. The topological polar surface area (TPSA) is 78.8 Å². The van der Waals surface area contributed by atoms with Crippen LogP contribution in [0.2, 0.25) is 0 Å². The molecular weight excluding hydrogens is 210 g/mol. The van der Waals surface area contributed by atoms with Crippen molar-refractivity contribution in [1.82, 2.24) is 5.32 Å². The van der Waals surface area contributed by atoms with Crippen LogP contribution in [0.3, 0.4) is 0 Å². The smallest absolute Gasteiger partial charge is 0.321 e. The molecule has 0 saturated carbocycles. The van der Waals surface area contributed by atoms with E-state index in [0.717, 1.165) is 5.56 Å². The second-order valence-electron chi connectivity index (χ2n) is 3.39. The minimum Gasteiger partial charge on any atom is -0.504 e. The van der Waals surface area contributed by atoms with Crippen molar-refractivity contribution in [3.63, 3.8) is 0 Å². The monoisotopic (exact) mass is 225 g/mol. The first-order chi connectivity index (χ1) is 7.58. The molecule has 0 fully saturated rings. The van der Waals surface area contributed by atoms with Gasteiger partial charge in [-0.1, -0.05) is 6.07 Å². The van der Waals surface area contributed by atoms with Gasteiger partial charge in [-0.3, -0.25) is 4.79 Å². The summed E-state index contributed by atoms with van der Waals surface area (Å²) in [6.07, 6.45) is 0.336.